The first-order valence-electron chi connectivity index (χ1n) is 10.7. The van der Waals surface area contributed by atoms with Crippen LogP contribution < -0.4 is 20.7 Å². The van der Waals surface area contributed by atoms with Crippen LogP contribution in [-0.4, -0.2) is 51.8 Å². The SMILES string of the molecule is CCOCCOc1cc(C)ccc1CNC(=NC)NCCNC(=O)c1ccc(C)c(F)c1.I. The van der Waals surface area contributed by atoms with Crippen molar-refractivity contribution in [2.45, 2.75) is 27.3 Å². The number of nitrogens with zero attached hydrogens (tertiary/aromatic N) is 1. The molecule has 0 radical (unpaired) electrons. The summed E-state index contributed by atoms with van der Waals surface area (Å²) in [6.07, 6.45) is 0. The largest absolute Gasteiger partial charge is 0.491 e. The number of carbonyl (C=O) groups is 1. The van der Waals surface area contributed by atoms with Crippen LogP contribution in [0.4, 0.5) is 4.39 Å². The lowest BCUT2D eigenvalue weighted by atomic mass is 10.1. The molecule has 2 rings (SSSR count). The molecule has 7 nitrogen and oxygen atoms in total. The maximum atomic E-state index is 13.6. The van der Waals surface area contributed by atoms with Crippen molar-refractivity contribution in [3.63, 3.8) is 0 Å². The molecule has 2 aromatic carbocycles. The van der Waals surface area contributed by atoms with E-state index in [4.69, 9.17) is 9.47 Å². The van der Waals surface area contributed by atoms with Crippen molar-refractivity contribution in [3.8, 4) is 5.75 Å². The Morgan fingerprint density at radius 1 is 1.03 bits per heavy atom. The van der Waals surface area contributed by atoms with Gasteiger partial charge < -0.3 is 25.4 Å². The third kappa shape index (κ3) is 9.95. The molecule has 0 heterocycles. The smallest absolute Gasteiger partial charge is 0.251 e. The fraction of sp³-hybridized carbons (Fsp3) is 0.417. The van der Waals surface area contributed by atoms with Gasteiger partial charge in [-0.15, -0.1) is 24.0 Å². The highest BCUT2D eigenvalue weighted by molar-refractivity contribution is 14.0. The van der Waals surface area contributed by atoms with Crippen molar-refractivity contribution in [1.82, 2.24) is 16.0 Å². The minimum atomic E-state index is -0.391. The van der Waals surface area contributed by atoms with Crippen LogP contribution in [0.15, 0.2) is 41.4 Å². The molecule has 0 bridgehead atoms. The first-order chi connectivity index (χ1) is 15.4. The maximum absolute atomic E-state index is 13.6. The van der Waals surface area contributed by atoms with Crippen LogP contribution in [0, 0.1) is 19.7 Å². The zero-order chi connectivity index (χ0) is 23.3. The number of ether oxygens (including phenoxy) is 2. The van der Waals surface area contributed by atoms with Crippen molar-refractivity contribution in [1.29, 1.82) is 0 Å². The molecule has 0 unspecified atom stereocenters. The number of rotatable bonds is 11. The summed E-state index contributed by atoms with van der Waals surface area (Å²) in [5.74, 6) is 0.701. The Labute approximate surface area is 212 Å². The maximum Gasteiger partial charge on any atom is 0.251 e. The van der Waals surface area contributed by atoms with Crippen LogP contribution in [0.1, 0.15) is 34.0 Å². The number of hydrogen-bond acceptors (Lipinski definition) is 4. The van der Waals surface area contributed by atoms with E-state index in [1.165, 1.54) is 6.07 Å². The van der Waals surface area contributed by atoms with Gasteiger partial charge in [0.1, 0.15) is 18.2 Å². The summed E-state index contributed by atoms with van der Waals surface area (Å²) in [7, 11) is 1.68. The number of halogens is 2. The predicted molar refractivity (Wildman–Crippen MR) is 140 cm³/mol. The molecule has 182 valence electrons. The van der Waals surface area contributed by atoms with Gasteiger partial charge in [-0.25, -0.2) is 4.39 Å². The van der Waals surface area contributed by atoms with Gasteiger partial charge in [-0.05, 0) is 50.1 Å². The topological polar surface area (TPSA) is 84.0 Å². The normalized spacial score (nSPS) is 10.9. The molecule has 1 amide bonds. The molecule has 9 heteroatoms. The van der Waals surface area contributed by atoms with Crippen molar-refractivity contribution in [2.24, 2.45) is 4.99 Å². The number of guanidine groups is 1. The van der Waals surface area contributed by atoms with Gasteiger partial charge in [-0.3, -0.25) is 9.79 Å². The molecule has 0 aliphatic carbocycles. The van der Waals surface area contributed by atoms with E-state index in [0.717, 1.165) is 16.9 Å². The summed E-state index contributed by atoms with van der Waals surface area (Å²) in [6, 6.07) is 10.5. The van der Waals surface area contributed by atoms with E-state index in [-0.39, 0.29) is 29.9 Å². The summed E-state index contributed by atoms with van der Waals surface area (Å²) in [6.45, 7) is 8.68. The monoisotopic (exact) mass is 572 g/mol. The Balaban J connectivity index is 0.00000544. The number of nitrogens with one attached hydrogen (secondary N) is 3. The van der Waals surface area contributed by atoms with Crippen molar-refractivity contribution in [2.75, 3.05) is 40.0 Å². The summed E-state index contributed by atoms with van der Waals surface area (Å²) in [5.41, 5.74) is 2.93. The quantitative estimate of drug-likeness (QED) is 0.166. The second-order valence-corrected chi connectivity index (χ2v) is 7.23. The third-order valence-corrected chi connectivity index (χ3v) is 4.72. The molecule has 0 fully saturated rings. The van der Waals surface area contributed by atoms with E-state index in [1.807, 2.05) is 32.0 Å². The summed E-state index contributed by atoms with van der Waals surface area (Å²) in [4.78, 5) is 16.4. The molecule has 33 heavy (non-hydrogen) atoms. The van der Waals surface area contributed by atoms with Gasteiger partial charge in [-0.2, -0.15) is 0 Å². The van der Waals surface area contributed by atoms with E-state index < -0.39 is 5.82 Å². The van der Waals surface area contributed by atoms with E-state index in [2.05, 4.69) is 20.9 Å². The summed E-state index contributed by atoms with van der Waals surface area (Å²) >= 11 is 0. The summed E-state index contributed by atoms with van der Waals surface area (Å²) < 4.78 is 24.8. The highest BCUT2D eigenvalue weighted by atomic mass is 127. The molecular weight excluding hydrogens is 538 g/mol. The first-order valence-corrected chi connectivity index (χ1v) is 10.7. The van der Waals surface area contributed by atoms with Gasteiger partial charge in [0.2, 0.25) is 0 Å². The van der Waals surface area contributed by atoms with Gasteiger partial charge in [0.05, 0.1) is 6.61 Å². The zero-order valence-electron chi connectivity index (χ0n) is 19.7. The van der Waals surface area contributed by atoms with Gasteiger partial charge in [0.15, 0.2) is 5.96 Å². The fourth-order valence-electron chi connectivity index (χ4n) is 2.89. The standard InChI is InChI=1S/C24H33FN4O3.HI/c1-5-31-12-13-32-22-14-17(2)6-8-20(22)16-29-24(26-4)28-11-10-27-23(30)19-9-7-18(3)21(25)15-19;/h6-9,14-15H,5,10-13,16H2,1-4H3,(H,27,30)(H2,26,28,29);1H. The van der Waals surface area contributed by atoms with Gasteiger partial charge >= 0.3 is 0 Å². The van der Waals surface area contributed by atoms with Crippen LogP contribution in [0.3, 0.4) is 0 Å². The highest BCUT2D eigenvalue weighted by Gasteiger charge is 2.09. The molecule has 0 saturated carbocycles. The first kappa shape index (κ1) is 28.6. The van der Waals surface area contributed by atoms with Gasteiger partial charge in [0.25, 0.3) is 5.91 Å². The zero-order valence-corrected chi connectivity index (χ0v) is 22.0. The van der Waals surface area contributed by atoms with Crippen LogP contribution in [0.2, 0.25) is 0 Å². The number of amides is 1. The van der Waals surface area contributed by atoms with Gasteiger partial charge in [0, 0.05) is 44.4 Å². The molecular formula is C24H34FIN4O3. The predicted octanol–water partition coefficient (Wildman–Crippen LogP) is 3.57. The fourth-order valence-corrected chi connectivity index (χ4v) is 2.89. The molecule has 0 spiro atoms. The van der Waals surface area contributed by atoms with Crippen molar-refractivity contribution >= 4 is 35.8 Å². The number of benzene rings is 2. The minimum Gasteiger partial charge on any atom is -0.491 e. The van der Waals surface area contributed by atoms with Gasteiger partial charge in [-0.1, -0.05) is 18.2 Å². The van der Waals surface area contributed by atoms with Crippen LogP contribution in [0.5, 0.6) is 5.75 Å². The van der Waals surface area contributed by atoms with Crippen LogP contribution in [-0.2, 0) is 11.3 Å². The summed E-state index contributed by atoms with van der Waals surface area (Å²) in [5, 5.41) is 9.16. The third-order valence-electron chi connectivity index (χ3n) is 4.72. The Morgan fingerprint density at radius 2 is 1.79 bits per heavy atom. The number of hydrogen-bond donors (Lipinski definition) is 3. The second kappa shape index (κ2) is 15.4. The molecule has 2 aromatic rings. The molecule has 0 saturated heterocycles. The average Bonchev–Trinajstić information content (AvgIpc) is 2.78. The molecule has 0 aliphatic rings. The van der Waals surface area contributed by atoms with Crippen LogP contribution in [0.25, 0.3) is 0 Å². The number of carbonyl (C=O) groups excluding carboxylic acids is 1. The molecule has 0 aliphatic heterocycles. The van der Waals surface area contributed by atoms with E-state index in [0.29, 0.717) is 56.5 Å². The number of aryl methyl sites for hydroxylation is 2. The van der Waals surface area contributed by atoms with E-state index in [9.17, 15) is 9.18 Å². The lowest BCUT2D eigenvalue weighted by molar-refractivity contribution is 0.0954. The van der Waals surface area contributed by atoms with E-state index >= 15 is 0 Å². The minimum absolute atomic E-state index is 0. The Bertz CT molecular complexity index is 925. The van der Waals surface area contributed by atoms with E-state index in [1.54, 1.807) is 26.1 Å². The molecule has 3 N–H and O–H groups in total. The average molecular weight is 572 g/mol. The Kier molecular flexibility index (Phi) is 13.4. The van der Waals surface area contributed by atoms with Crippen LogP contribution >= 0.6 is 24.0 Å². The molecule has 0 aromatic heterocycles. The highest BCUT2D eigenvalue weighted by Crippen LogP contribution is 2.20. The van der Waals surface area contributed by atoms with Crippen molar-refractivity contribution in [3.05, 3.63) is 64.5 Å². The Hall–Kier alpha value is -2.40. The second-order valence-electron chi connectivity index (χ2n) is 7.23. The Morgan fingerprint density at radius 3 is 2.48 bits per heavy atom. The number of aliphatic imine (C=N–C) groups is 1. The molecule has 0 atom stereocenters. The lowest BCUT2D eigenvalue weighted by Crippen LogP contribution is -2.41. The lowest BCUT2D eigenvalue weighted by Gasteiger charge is -2.16. The van der Waals surface area contributed by atoms with Crippen molar-refractivity contribution < 1.29 is 18.7 Å².